The van der Waals surface area contributed by atoms with Crippen LogP contribution in [0, 0.1) is 12.7 Å². The minimum Gasteiger partial charge on any atom is -0.481 e. The number of halogens is 1. The first-order valence-corrected chi connectivity index (χ1v) is 5.50. The number of aryl methyl sites for hydroxylation is 2. The van der Waals surface area contributed by atoms with Crippen molar-refractivity contribution < 1.29 is 18.7 Å². The Morgan fingerprint density at radius 3 is 2.94 bits per heavy atom. The number of oxazole rings is 1. The molecule has 0 unspecified atom stereocenters. The molecule has 0 amide bonds. The van der Waals surface area contributed by atoms with Gasteiger partial charge in [0.15, 0.2) is 0 Å². The van der Waals surface area contributed by atoms with Crippen LogP contribution >= 0.6 is 0 Å². The number of nitrogens with zero attached hydrogens (tertiary/aromatic N) is 1. The van der Waals surface area contributed by atoms with Crippen LogP contribution in [0.3, 0.4) is 0 Å². The number of carboxylic acids is 1. The average molecular weight is 249 g/mol. The molecule has 0 saturated carbocycles. The van der Waals surface area contributed by atoms with Crippen LogP contribution in [0.25, 0.3) is 11.5 Å². The van der Waals surface area contributed by atoms with Crippen LogP contribution in [-0.2, 0) is 11.2 Å². The number of hydrogen-bond acceptors (Lipinski definition) is 3. The fourth-order valence-electron chi connectivity index (χ4n) is 1.63. The fraction of sp³-hybridized carbons (Fsp3) is 0.231. The molecule has 0 saturated heterocycles. The number of benzene rings is 1. The zero-order valence-corrected chi connectivity index (χ0v) is 9.81. The smallest absolute Gasteiger partial charge is 0.303 e. The van der Waals surface area contributed by atoms with Crippen LogP contribution in [0.5, 0.6) is 0 Å². The first kappa shape index (κ1) is 12.3. The fourth-order valence-corrected chi connectivity index (χ4v) is 1.63. The maximum Gasteiger partial charge on any atom is 0.303 e. The van der Waals surface area contributed by atoms with Crippen LogP contribution in [0.4, 0.5) is 4.39 Å². The molecular weight excluding hydrogens is 237 g/mol. The largest absolute Gasteiger partial charge is 0.481 e. The second kappa shape index (κ2) is 5.00. The number of carbonyl (C=O) groups is 1. The van der Waals surface area contributed by atoms with Crippen LogP contribution in [0.2, 0.25) is 0 Å². The van der Waals surface area contributed by atoms with E-state index in [4.69, 9.17) is 9.52 Å². The van der Waals surface area contributed by atoms with Crippen LogP contribution in [0.15, 0.2) is 28.7 Å². The Hall–Kier alpha value is -2.17. The Morgan fingerprint density at radius 1 is 1.50 bits per heavy atom. The third-order valence-electron chi connectivity index (χ3n) is 2.54. The van der Waals surface area contributed by atoms with Gasteiger partial charge in [-0.1, -0.05) is 6.07 Å². The summed E-state index contributed by atoms with van der Waals surface area (Å²) >= 11 is 0. The normalized spacial score (nSPS) is 10.6. The Kier molecular flexibility index (Phi) is 3.41. The number of hydrogen-bond donors (Lipinski definition) is 1. The van der Waals surface area contributed by atoms with Crippen molar-refractivity contribution in [3.8, 4) is 11.5 Å². The van der Waals surface area contributed by atoms with Crippen LogP contribution in [-0.4, -0.2) is 16.1 Å². The standard InChI is InChI=1S/C13H12FNO3/c1-8-11(5-6-12(16)17)15-13(18-8)9-3-2-4-10(14)7-9/h2-4,7H,5-6H2,1H3,(H,16,17). The topological polar surface area (TPSA) is 63.3 Å². The third-order valence-corrected chi connectivity index (χ3v) is 2.54. The van der Waals surface area contributed by atoms with Gasteiger partial charge >= 0.3 is 5.97 Å². The summed E-state index contributed by atoms with van der Waals surface area (Å²) in [6.45, 7) is 1.72. The second-order valence-electron chi connectivity index (χ2n) is 3.93. The average Bonchev–Trinajstić information content (AvgIpc) is 2.68. The molecule has 5 heteroatoms. The van der Waals surface area contributed by atoms with E-state index >= 15 is 0 Å². The molecule has 1 N–H and O–H groups in total. The lowest BCUT2D eigenvalue weighted by Crippen LogP contribution is -1.98. The highest BCUT2D eigenvalue weighted by atomic mass is 19.1. The van der Waals surface area contributed by atoms with Gasteiger partial charge in [0.05, 0.1) is 12.1 Å². The van der Waals surface area contributed by atoms with Crippen molar-refractivity contribution >= 4 is 5.97 Å². The summed E-state index contributed by atoms with van der Waals surface area (Å²) in [4.78, 5) is 14.7. The molecule has 18 heavy (non-hydrogen) atoms. The predicted octanol–water partition coefficient (Wildman–Crippen LogP) is 2.81. The van der Waals surface area contributed by atoms with E-state index in [1.54, 1.807) is 19.1 Å². The predicted molar refractivity (Wildman–Crippen MR) is 62.6 cm³/mol. The van der Waals surface area contributed by atoms with Gasteiger partial charge in [-0.25, -0.2) is 9.37 Å². The lowest BCUT2D eigenvalue weighted by Gasteiger charge is -1.94. The molecule has 1 heterocycles. The molecule has 0 aliphatic rings. The number of carboxylic acid groups (broad SMARTS) is 1. The summed E-state index contributed by atoms with van der Waals surface area (Å²) in [6, 6.07) is 5.92. The molecular formula is C13H12FNO3. The summed E-state index contributed by atoms with van der Waals surface area (Å²) in [5, 5.41) is 8.62. The summed E-state index contributed by atoms with van der Waals surface area (Å²) in [7, 11) is 0. The van der Waals surface area contributed by atoms with Gasteiger partial charge in [-0.2, -0.15) is 0 Å². The number of aromatic nitrogens is 1. The minimum atomic E-state index is -0.885. The quantitative estimate of drug-likeness (QED) is 0.904. The molecule has 2 rings (SSSR count). The lowest BCUT2D eigenvalue weighted by molar-refractivity contribution is -0.136. The summed E-state index contributed by atoms with van der Waals surface area (Å²) < 4.78 is 18.5. The summed E-state index contributed by atoms with van der Waals surface area (Å²) in [5.41, 5.74) is 1.14. The SMILES string of the molecule is Cc1oc(-c2cccc(F)c2)nc1CCC(=O)O. The van der Waals surface area contributed by atoms with E-state index in [9.17, 15) is 9.18 Å². The van der Waals surface area contributed by atoms with Gasteiger partial charge in [-0.05, 0) is 25.1 Å². The van der Waals surface area contributed by atoms with E-state index in [0.29, 0.717) is 29.3 Å². The van der Waals surface area contributed by atoms with Gasteiger partial charge in [0.25, 0.3) is 0 Å². The molecule has 0 radical (unpaired) electrons. The molecule has 0 aliphatic carbocycles. The van der Waals surface area contributed by atoms with Crippen molar-refractivity contribution in [2.45, 2.75) is 19.8 Å². The van der Waals surface area contributed by atoms with Crippen LogP contribution < -0.4 is 0 Å². The highest BCUT2D eigenvalue weighted by molar-refractivity contribution is 5.67. The number of aliphatic carboxylic acids is 1. The van der Waals surface area contributed by atoms with Gasteiger partial charge in [0.2, 0.25) is 5.89 Å². The first-order valence-electron chi connectivity index (χ1n) is 5.50. The molecule has 1 aromatic heterocycles. The lowest BCUT2D eigenvalue weighted by atomic mass is 10.2. The highest BCUT2D eigenvalue weighted by Crippen LogP contribution is 2.22. The monoisotopic (exact) mass is 249 g/mol. The molecule has 1 aromatic carbocycles. The zero-order valence-electron chi connectivity index (χ0n) is 9.81. The van der Waals surface area contributed by atoms with E-state index in [2.05, 4.69) is 4.98 Å². The second-order valence-corrected chi connectivity index (χ2v) is 3.93. The van der Waals surface area contributed by atoms with E-state index in [1.807, 2.05) is 0 Å². The zero-order chi connectivity index (χ0) is 13.1. The van der Waals surface area contributed by atoms with Crippen molar-refractivity contribution in [2.75, 3.05) is 0 Å². The van der Waals surface area contributed by atoms with E-state index in [1.165, 1.54) is 12.1 Å². The minimum absolute atomic E-state index is 0.00400. The van der Waals surface area contributed by atoms with Gasteiger partial charge in [0, 0.05) is 12.0 Å². The molecule has 0 atom stereocenters. The van der Waals surface area contributed by atoms with Gasteiger partial charge in [0.1, 0.15) is 11.6 Å². The van der Waals surface area contributed by atoms with Crippen molar-refractivity contribution in [3.63, 3.8) is 0 Å². The molecule has 0 bridgehead atoms. The molecule has 4 nitrogen and oxygen atoms in total. The van der Waals surface area contributed by atoms with Gasteiger partial charge in [-0.3, -0.25) is 4.79 Å². The van der Waals surface area contributed by atoms with Gasteiger partial charge < -0.3 is 9.52 Å². The van der Waals surface area contributed by atoms with E-state index in [0.717, 1.165) is 0 Å². The molecule has 0 fully saturated rings. The Labute approximate surface area is 103 Å². The number of rotatable bonds is 4. The van der Waals surface area contributed by atoms with Crippen molar-refractivity contribution in [1.29, 1.82) is 0 Å². The Morgan fingerprint density at radius 2 is 2.28 bits per heavy atom. The maximum absolute atomic E-state index is 13.1. The molecule has 94 valence electrons. The first-order chi connectivity index (χ1) is 8.56. The Balaban J connectivity index is 2.25. The molecule has 2 aromatic rings. The van der Waals surface area contributed by atoms with Crippen molar-refractivity contribution in [2.24, 2.45) is 0 Å². The summed E-state index contributed by atoms with van der Waals surface area (Å²) in [6.07, 6.45) is 0.302. The van der Waals surface area contributed by atoms with E-state index in [-0.39, 0.29) is 12.2 Å². The van der Waals surface area contributed by atoms with Gasteiger partial charge in [-0.15, -0.1) is 0 Å². The van der Waals surface area contributed by atoms with Crippen molar-refractivity contribution in [1.82, 2.24) is 4.98 Å². The molecule has 0 spiro atoms. The Bertz CT molecular complexity index is 577. The van der Waals surface area contributed by atoms with Crippen molar-refractivity contribution in [3.05, 3.63) is 41.5 Å². The van der Waals surface area contributed by atoms with Crippen LogP contribution in [0.1, 0.15) is 17.9 Å². The van der Waals surface area contributed by atoms with E-state index < -0.39 is 5.97 Å². The molecule has 0 aliphatic heterocycles. The highest BCUT2D eigenvalue weighted by Gasteiger charge is 2.12. The maximum atomic E-state index is 13.1. The third kappa shape index (κ3) is 2.74. The summed E-state index contributed by atoms with van der Waals surface area (Å²) in [5.74, 6) is -0.372.